The molecule has 0 spiro atoms. The molecule has 0 heterocycles. The van der Waals surface area contributed by atoms with Gasteiger partial charge < -0.3 is 39.3 Å². The maximum absolute atomic E-state index is 12.2. The van der Waals surface area contributed by atoms with Crippen molar-refractivity contribution in [3.63, 3.8) is 0 Å². The minimum Gasteiger partial charge on any atom is -0.480 e. The van der Waals surface area contributed by atoms with Gasteiger partial charge in [0.25, 0.3) is 0 Å². The van der Waals surface area contributed by atoms with Crippen molar-refractivity contribution in [1.29, 1.82) is 0 Å². The second kappa shape index (κ2) is 17.1. The van der Waals surface area contributed by atoms with Crippen LogP contribution < -0.4 is 15.2 Å². The maximum atomic E-state index is 12.2. The van der Waals surface area contributed by atoms with E-state index in [0.717, 1.165) is 6.42 Å². The Labute approximate surface area is 229 Å². The van der Waals surface area contributed by atoms with E-state index in [2.05, 4.69) is 0 Å². The smallest absolute Gasteiger partial charge is 0.480 e. The first kappa shape index (κ1) is 33.5. The predicted octanol–water partition coefficient (Wildman–Crippen LogP) is 5.26. The fourth-order valence-corrected chi connectivity index (χ4v) is 3.41. The fourth-order valence-electron chi connectivity index (χ4n) is 3.41. The Morgan fingerprint density at radius 3 is 1.92 bits per heavy atom. The molecule has 0 aliphatic carbocycles. The quantitative estimate of drug-likeness (QED) is 0.164. The van der Waals surface area contributed by atoms with Crippen LogP contribution in [0, 0.1) is 11.8 Å². The zero-order valence-corrected chi connectivity index (χ0v) is 23.5. The van der Waals surface area contributed by atoms with Crippen LogP contribution in [0.25, 0.3) is 0 Å². The van der Waals surface area contributed by atoms with Gasteiger partial charge in [0.2, 0.25) is 0 Å². The lowest BCUT2D eigenvalue weighted by molar-refractivity contribution is -0.139. The van der Waals surface area contributed by atoms with Crippen molar-refractivity contribution in [2.24, 2.45) is 17.6 Å². The van der Waals surface area contributed by atoms with E-state index in [4.69, 9.17) is 34.2 Å². The lowest BCUT2D eigenvalue weighted by atomic mass is 9.79. The SMILES string of the molecule is CCCOC(=O)Oc1ccc(C(C(C)C(C)OC(=O)OCC(C)CC)[C@H](N)C(=O)O)cc1OC(=O)OCCC. The summed E-state index contributed by atoms with van der Waals surface area (Å²) in [6, 6.07) is 2.70. The summed E-state index contributed by atoms with van der Waals surface area (Å²) in [6.07, 6.45) is -1.81. The number of carbonyl (C=O) groups excluding carboxylic acids is 3. The third kappa shape index (κ3) is 11.4. The molecule has 12 heteroatoms. The second-order valence-corrected chi connectivity index (χ2v) is 9.25. The molecule has 5 atom stereocenters. The summed E-state index contributed by atoms with van der Waals surface area (Å²) in [6.45, 7) is 11.2. The summed E-state index contributed by atoms with van der Waals surface area (Å²) in [5.74, 6) is -3.06. The molecule has 0 bridgehead atoms. The molecule has 3 N–H and O–H groups in total. The summed E-state index contributed by atoms with van der Waals surface area (Å²) < 4.78 is 30.9. The van der Waals surface area contributed by atoms with E-state index in [1.807, 2.05) is 20.8 Å². The van der Waals surface area contributed by atoms with Crippen LogP contribution in [0.1, 0.15) is 72.3 Å². The normalized spacial score (nSPS) is 14.6. The zero-order chi connectivity index (χ0) is 29.5. The fraction of sp³-hybridized carbons (Fsp3) is 0.630. The molecule has 1 aromatic carbocycles. The van der Waals surface area contributed by atoms with Gasteiger partial charge in [-0.15, -0.1) is 0 Å². The number of benzene rings is 1. The van der Waals surface area contributed by atoms with Crippen LogP contribution in [0.3, 0.4) is 0 Å². The molecular formula is C27H41NO11. The molecule has 39 heavy (non-hydrogen) atoms. The van der Waals surface area contributed by atoms with Crippen molar-refractivity contribution in [3.8, 4) is 11.5 Å². The average molecular weight is 556 g/mol. The molecule has 12 nitrogen and oxygen atoms in total. The number of carboxylic acids is 1. The van der Waals surface area contributed by atoms with E-state index in [9.17, 15) is 24.3 Å². The largest absolute Gasteiger partial charge is 0.513 e. The lowest BCUT2D eigenvalue weighted by Crippen LogP contribution is -2.42. The number of nitrogens with two attached hydrogens (primary N) is 1. The molecule has 0 radical (unpaired) electrons. The minimum absolute atomic E-state index is 0.0960. The number of carbonyl (C=O) groups is 4. The van der Waals surface area contributed by atoms with Crippen LogP contribution in [0.5, 0.6) is 11.5 Å². The Hall–Kier alpha value is -3.54. The van der Waals surface area contributed by atoms with Crippen molar-refractivity contribution in [2.75, 3.05) is 19.8 Å². The molecule has 0 fully saturated rings. The van der Waals surface area contributed by atoms with E-state index >= 15 is 0 Å². The van der Waals surface area contributed by atoms with Crippen LogP contribution in [0.2, 0.25) is 0 Å². The number of hydrogen-bond acceptors (Lipinski definition) is 11. The van der Waals surface area contributed by atoms with Crippen molar-refractivity contribution >= 4 is 24.4 Å². The number of ether oxygens (including phenoxy) is 6. The number of aliphatic carboxylic acids is 1. The number of rotatable bonds is 15. The number of carboxylic acid groups (broad SMARTS) is 1. The Balaban J connectivity index is 3.32. The zero-order valence-electron chi connectivity index (χ0n) is 23.5. The van der Waals surface area contributed by atoms with Gasteiger partial charge >= 0.3 is 24.4 Å². The standard InChI is InChI=1S/C27H41NO11/c1-7-12-34-25(31)38-20-11-10-19(14-21(20)39-26(32)35-13-8-2)22(23(28)24(29)30)17(5)18(6)37-27(33)36-15-16(4)9-3/h10-11,14,16-18,22-23H,7-9,12-13,15,28H2,1-6H3,(H,29,30)/t16?,17?,18?,22?,23-/m0/s1. The highest BCUT2D eigenvalue weighted by atomic mass is 16.7. The molecule has 0 aliphatic heterocycles. The first-order valence-electron chi connectivity index (χ1n) is 13.1. The Bertz CT molecular complexity index is 952. The average Bonchev–Trinajstić information content (AvgIpc) is 2.90. The summed E-state index contributed by atoms with van der Waals surface area (Å²) in [5, 5.41) is 9.72. The van der Waals surface area contributed by atoms with Gasteiger partial charge in [0.1, 0.15) is 12.1 Å². The van der Waals surface area contributed by atoms with Crippen molar-refractivity contribution in [1.82, 2.24) is 0 Å². The molecule has 1 rings (SSSR count). The van der Waals surface area contributed by atoms with Gasteiger partial charge in [0, 0.05) is 11.8 Å². The lowest BCUT2D eigenvalue weighted by Gasteiger charge is -2.31. The van der Waals surface area contributed by atoms with Crippen molar-refractivity contribution in [3.05, 3.63) is 23.8 Å². The monoisotopic (exact) mass is 555 g/mol. The Morgan fingerprint density at radius 2 is 1.41 bits per heavy atom. The summed E-state index contributed by atoms with van der Waals surface area (Å²) >= 11 is 0. The van der Waals surface area contributed by atoms with Gasteiger partial charge in [-0.3, -0.25) is 4.79 Å². The summed E-state index contributed by atoms with van der Waals surface area (Å²) in [4.78, 5) is 48.4. The summed E-state index contributed by atoms with van der Waals surface area (Å²) in [7, 11) is 0. The molecule has 0 saturated heterocycles. The third-order valence-electron chi connectivity index (χ3n) is 6.03. The molecule has 1 aromatic rings. The highest BCUT2D eigenvalue weighted by molar-refractivity contribution is 5.75. The first-order valence-corrected chi connectivity index (χ1v) is 13.1. The van der Waals surface area contributed by atoms with Gasteiger partial charge in [-0.2, -0.15) is 0 Å². The number of hydrogen-bond donors (Lipinski definition) is 2. The van der Waals surface area contributed by atoms with Gasteiger partial charge in [0.15, 0.2) is 11.5 Å². The van der Waals surface area contributed by atoms with Crippen LogP contribution >= 0.6 is 0 Å². The van der Waals surface area contributed by atoms with Gasteiger partial charge in [0.05, 0.1) is 19.8 Å². The van der Waals surface area contributed by atoms with E-state index in [-0.39, 0.29) is 37.2 Å². The molecule has 0 aromatic heterocycles. The minimum atomic E-state index is -1.43. The molecule has 0 saturated carbocycles. The molecular weight excluding hydrogens is 514 g/mol. The van der Waals surface area contributed by atoms with Gasteiger partial charge in [-0.1, -0.05) is 47.1 Å². The second-order valence-electron chi connectivity index (χ2n) is 9.25. The summed E-state index contributed by atoms with van der Waals surface area (Å²) in [5.41, 5.74) is 6.39. The maximum Gasteiger partial charge on any atom is 0.513 e. The highest BCUT2D eigenvalue weighted by Crippen LogP contribution is 2.37. The van der Waals surface area contributed by atoms with Crippen LogP contribution in [-0.4, -0.2) is 61.5 Å². The third-order valence-corrected chi connectivity index (χ3v) is 6.03. The van der Waals surface area contributed by atoms with Crippen molar-refractivity contribution in [2.45, 2.75) is 78.9 Å². The van der Waals surface area contributed by atoms with E-state index in [0.29, 0.717) is 18.4 Å². The molecule has 0 amide bonds. The van der Waals surface area contributed by atoms with Gasteiger partial charge in [-0.05, 0) is 43.4 Å². The molecule has 220 valence electrons. The predicted molar refractivity (Wildman–Crippen MR) is 140 cm³/mol. The van der Waals surface area contributed by atoms with E-state index in [1.165, 1.54) is 18.2 Å². The van der Waals surface area contributed by atoms with Crippen LogP contribution in [0.4, 0.5) is 14.4 Å². The molecule has 4 unspecified atom stereocenters. The first-order chi connectivity index (χ1) is 18.4. The van der Waals surface area contributed by atoms with Crippen LogP contribution in [-0.2, 0) is 23.7 Å². The Kier molecular flexibility index (Phi) is 14.7. The Morgan fingerprint density at radius 1 is 0.846 bits per heavy atom. The van der Waals surface area contributed by atoms with Crippen LogP contribution in [0.15, 0.2) is 18.2 Å². The molecule has 0 aliphatic rings. The van der Waals surface area contributed by atoms with Gasteiger partial charge in [-0.25, -0.2) is 14.4 Å². The van der Waals surface area contributed by atoms with E-state index < -0.39 is 48.4 Å². The van der Waals surface area contributed by atoms with E-state index in [1.54, 1.807) is 20.8 Å². The topological polar surface area (TPSA) is 170 Å². The highest BCUT2D eigenvalue weighted by Gasteiger charge is 2.36. The van der Waals surface area contributed by atoms with Crippen molar-refractivity contribution < 1.29 is 52.7 Å².